The van der Waals surface area contributed by atoms with Gasteiger partial charge in [-0.05, 0) is 41.8 Å². The highest BCUT2D eigenvalue weighted by Crippen LogP contribution is 2.53. The van der Waals surface area contributed by atoms with E-state index in [2.05, 4.69) is 5.32 Å². The number of rotatable bonds is 6. The zero-order chi connectivity index (χ0) is 26.3. The number of carbonyl (C=O) groups is 2. The van der Waals surface area contributed by atoms with Gasteiger partial charge in [-0.2, -0.15) is 23.8 Å². The fourth-order valence-corrected chi connectivity index (χ4v) is 5.93. The van der Waals surface area contributed by atoms with E-state index in [-0.39, 0.29) is 29.5 Å². The topological polar surface area (TPSA) is 113 Å². The molecule has 2 heterocycles. The lowest BCUT2D eigenvalue weighted by molar-refractivity contribution is -0.137. The molecule has 0 bridgehead atoms. The van der Waals surface area contributed by atoms with Gasteiger partial charge in [-0.3, -0.25) is 23.6 Å². The first-order valence-corrected chi connectivity index (χ1v) is 13.1. The van der Waals surface area contributed by atoms with E-state index in [0.29, 0.717) is 30.6 Å². The molecule has 8 nitrogen and oxygen atoms in total. The Hall–Kier alpha value is -2.64. The van der Waals surface area contributed by atoms with Crippen LogP contribution in [-0.4, -0.2) is 74.4 Å². The summed E-state index contributed by atoms with van der Waals surface area (Å²) in [6.07, 6.45) is -4.62. The third-order valence-corrected chi connectivity index (χ3v) is 8.22. The molecule has 2 aromatic rings. The quantitative estimate of drug-likeness (QED) is 0.457. The van der Waals surface area contributed by atoms with Crippen LogP contribution in [0, 0.1) is 0 Å². The molecule has 0 aliphatic carbocycles. The van der Waals surface area contributed by atoms with E-state index in [0.717, 1.165) is 12.1 Å². The largest absolute Gasteiger partial charge is 0.416 e. The Balaban J connectivity index is 1.58. The van der Waals surface area contributed by atoms with Crippen LogP contribution in [0.4, 0.5) is 18.9 Å². The fraction of sp³-hybridized carbons (Fsp3) is 0.417. The van der Waals surface area contributed by atoms with Crippen LogP contribution in [0.3, 0.4) is 0 Å². The highest BCUT2D eigenvalue weighted by molar-refractivity contribution is 8.25. The van der Waals surface area contributed by atoms with Crippen LogP contribution in [0.1, 0.15) is 29.2 Å². The van der Waals surface area contributed by atoms with E-state index in [4.69, 9.17) is 0 Å². The third-order valence-electron chi connectivity index (χ3n) is 6.50. The average molecular weight is 528 g/mol. The average Bonchev–Trinajstić information content (AvgIpc) is 3.20. The summed E-state index contributed by atoms with van der Waals surface area (Å²) in [4.78, 5) is 28.6. The Morgan fingerprint density at radius 3 is 2.67 bits per heavy atom. The zero-order valence-corrected chi connectivity index (χ0v) is 20.3. The van der Waals surface area contributed by atoms with Crippen molar-refractivity contribution >= 4 is 28.1 Å². The van der Waals surface area contributed by atoms with Gasteiger partial charge < -0.3 is 15.3 Å². The maximum absolute atomic E-state index is 13.4. The number of benzene rings is 2. The lowest BCUT2D eigenvalue weighted by Gasteiger charge is -2.37. The summed E-state index contributed by atoms with van der Waals surface area (Å²) < 4.78 is 60.5. The fourth-order valence-electron chi connectivity index (χ4n) is 4.59. The van der Waals surface area contributed by atoms with Crippen molar-refractivity contribution < 1.29 is 37.0 Å². The second kappa shape index (κ2) is 10.0. The standard InChI is InChI=1S/C24H28F3N3O5S/c1-29(23(33)10-15-5-6-21-19(9-15)28-22(32)14-36(21,34)35)20(13-30-8-7-18(31)12-30)16-3-2-4-17(11-16)24(25,26)27/h2-6,9,11,18,20,31,34-35H,7-8,10,12-14H2,1H3,(H,28,32)/t18-,20+/m0/s1. The van der Waals surface area contributed by atoms with E-state index in [9.17, 15) is 37.0 Å². The summed E-state index contributed by atoms with van der Waals surface area (Å²) in [5.41, 5.74) is 0.243. The lowest BCUT2D eigenvalue weighted by atomic mass is 10.0. The molecular weight excluding hydrogens is 499 g/mol. The highest BCUT2D eigenvalue weighted by atomic mass is 32.3. The second-order valence-electron chi connectivity index (χ2n) is 9.21. The number of hydrogen-bond donors (Lipinski definition) is 4. The molecule has 196 valence electrons. The molecule has 2 aromatic carbocycles. The molecule has 1 fully saturated rings. The second-order valence-corrected chi connectivity index (χ2v) is 11.3. The van der Waals surface area contributed by atoms with Gasteiger partial charge >= 0.3 is 6.18 Å². The number of fused-ring (bicyclic) bond motifs is 1. The van der Waals surface area contributed by atoms with Gasteiger partial charge in [0.2, 0.25) is 11.8 Å². The van der Waals surface area contributed by atoms with Crippen molar-refractivity contribution in [1.82, 2.24) is 9.80 Å². The van der Waals surface area contributed by atoms with E-state index in [1.807, 2.05) is 4.90 Å². The number of nitrogens with zero attached hydrogens (tertiary/aromatic N) is 2. The number of β-amino-alcohol motifs (C(OH)–C–C–N with tert-alkyl or cyclic N) is 1. The van der Waals surface area contributed by atoms with Gasteiger partial charge in [0.05, 0.1) is 34.7 Å². The van der Waals surface area contributed by atoms with Crippen molar-refractivity contribution in [2.75, 3.05) is 37.8 Å². The maximum atomic E-state index is 13.4. The molecule has 0 unspecified atom stereocenters. The maximum Gasteiger partial charge on any atom is 0.416 e. The van der Waals surface area contributed by atoms with Gasteiger partial charge in [0.25, 0.3) is 0 Å². The Morgan fingerprint density at radius 1 is 1.25 bits per heavy atom. The van der Waals surface area contributed by atoms with Crippen molar-refractivity contribution in [2.45, 2.75) is 36.1 Å². The number of hydrogen-bond acceptors (Lipinski definition) is 6. The Kier molecular flexibility index (Phi) is 7.35. The van der Waals surface area contributed by atoms with Crippen LogP contribution >= 0.6 is 10.6 Å². The predicted molar refractivity (Wildman–Crippen MR) is 129 cm³/mol. The van der Waals surface area contributed by atoms with Crippen LogP contribution in [0.15, 0.2) is 47.4 Å². The monoisotopic (exact) mass is 527 g/mol. The highest BCUT2D eigenvalue weighted by Gasteiger charge is 2.34. The summed E-state index contributed by atoms with van der Waals surface area (Å²) in [5.74, 6) is -1.34. The molecule has 1 saturated heterocycles. The molecule has 2 aliphatic rings. The summed E-state index contributed by atoms with van der Waals surface area (Å²) in [6.45, 7) is 1.19. The van der Waals surface area contributed by atoms with Crippen molar-refractivity contribution in [3.8, 4) is 0 Å². The van der Waals surface area contributed by atoms with Gasteiger partial charge in [0.1, 0.15) is 5.75 Å². The number of halogens is 3. The minimum absolute atomic E-state index is 0.114. The minimum Gasteiger partial charge on any atom is -0.392 e. The number of nitrogens with one attached hydrogen (secondary N) is 1. The molecule has 12 heteroatoms. The molecule has 2 aliphatic heterocycles. The van der Waals surface area contributed by atoms with Gasteiger partial charge in [0, 0.05) is 26.7 Å². The third kappa shape index (κ3) is 5.84. The minimum atomic E-state index is -4.53. The van der Waals surface area contributed by atoms with Gasteiger partial charge in [-0.1, -0.05) is 18.2 Å². The zero-order valence-electron chi connectivity index (χ0n) is 19.5. The Bertz CT molecular complexity index is 1160. The molecule has 0 aromatic heterocycles. The van der Waals surface area contributed by atoms with Gasteiger partial charge in [-0.25, -0.2) is 0 Å². The number of likely N-dealkylation sites (tertiary alicyclic amines) is 1. The van der Waals surface area contributed by atoms with Crippen LogP contribution in [0.25, 0.3) is 0 Å². The molecule has 0 saturated carbocycles. The summed E-state index contributed by atoms with van der Waals surface area (Å²) in [6, 6.07) is 8.71. The number of alkyl halides is 3. The number of anilines is 1. The van der Waals surface area contributed by atoms with E-state index in [1.165, 1.54) is 30.1 Å². The Morgan fingerprint density at radius 2 is 2.00 bits per heavy atom. The van der Waals surface area contributed by atoms with E-state index < -0.39 is 46.1 Å². The molecule has 4 rings (SSSR count). The predicted octanol–water partition coefficient (Wildman–Crippen LogP) is 3.58. The Labute approximate surface area is 208 Å². The summed E-state index contributed by atoms with van der Waals surface area (Å²) in [7, 11) is -1.74. The normalized spacial score (nSPS) is 21.4. The number of aliphatic hydroxyl groups is 1. The summed E-state index contributed by atoms with van der Waals surface area (Å²) >= 11 is 0. The van der Waals surface area contributed by atoms with Crippen molar-refractivity contribution in [3.05, 3.63) is 59.2 Å². The SMILES string of the molecule is CN(C(=O)Cc1ccc2c(c1)NC(=O)CS2(O)O)[C@H](CN1CC[C@H](O)C1)c1cccc(C(F)(F)F)c1. The molecule has 2 amide bonds. The summed E-state index contributed by atoms with van der Waals surface area (Å²) in [5, 5.41) is 12.5. The molecule has 0 spiro atoms. The van der Waals surface area contributed by atoms with Crippen molar-refractivity contribution in [1.29, 1.82) is 0 Å². The molecule has 36 heavy (non-hydrogen) atoms. The van der Waals surface area contributed by atoms with Gasteiger partial charge in [-0.15, -0.1) is 0 Å². The van der Waals surface area contributed by atoms with Crippen LogP contribution in [0.2, 0.25) is 0 Å². The number of likely N-dealkylation sites (N-methyl/N-ethyl adjacent to an activating group) is 1. The van der Waals surface area contributed by atoms with Gasteiger partial charge in [0.15, 0.2) is 0 Å². The first-order chi connectivity index (χ1) is 16.8. The smallest absolute Gasteiger partial charge is 0.392 e. The van der Waals surface area contributed by atoms with Crippen molar-refractivity contribution in [2.24, 2.45) is 0 Å². The molecule has 4 N–H and O–H groups in total. The number of amides is 2. The molecule has 0 radical (unpaired) electrons. The molecular formula is C24H28F3N3O5S. The van der Waals surface area contributed by atoms with E-state index in [1.54, 1.807) is 12.1 Å². The number of aliphatic hydroxyl groups excluding tert-OH is 1. The number of carbonyl (C=O) groups excluding carboxylic acids is 2. The van der Waals surface area contributed by atoms with Crippen LogP contribution < -0.4 is 5.32 Å². The van der Waals surface area contributed by atoms with E-state index >= 15 is 0 Å². The van der Waals surface area contributed by atoms with Crippen LogP contribution in [-0.2, 0) is 22.2 Å². The first-order valence-electron chi connectivity index (χ1n) is 11.4. The van der Waals surface area contributed by atoms with Crippen LogP contribution in [0.5, 0.6) is 0 Å². The lowest BCUT2D eigenvalue weighted by Crippen LogP contribution is -2.39. The van der Waals surface area contributed by atoms with Crippen molar-refractivity contribution in [3.63, 3.8) is 0 Å². The molecule has 2 atom stereocenters. The first kappa shape index (κ1) is 26.4.